The molecule has 0 aromatic heterocycles. The maximum Gasteiger partial charge on any atom is 0.0233 e. The molecule has 0 atom stereocenters. The van der Waals surface area contributed by atoms with E-state index >= 15 is 0 Å². The van der Waals surface area contributed by atoms with Gasteiger partial charge >= 0.3 is 0 Å². The highest BCUT2D eigenvalue weighted by molar-refractivity contribution is 5.85. The first-order chi connectivity index (χ1) is 11.3. The lowest BCUT2D eigenvalue weighted by Crippen LogP contribution is -2.43. The maximum absolute atomic E-state index is 3.47. The van der Waals surface area contributed by atoms with E-state index in [1.807, 2.05) is 0 Å². The molecule has 0 bridgehead atoms. The van der Waals surface area contributed by atoms with Crippen molar-refractivity contribution in [3.05, 3.63) is 35.9 Å². The Morgan fingerprint density at radius 3 is 2.28 bits per heavy atom. The van der Waals surface area contributed by atoms with Gasteiger partial charge in [-0.3, -0.25) is 4.90 Å². The van der Waals surface area contributed by atoms with Crippen LogP contribution in [-0.4, -0.2) is 55.6 Å². The summed E-state index contributed by atoms with van der Waals surface area (Å²) >= 11 is 0. The van der Waals surface area contributed by atoms with Gasteiger partial charge in [-0.25, -0.2) is 0 Å². The Bertz CT molecular complexity index is 444. The molecule has 2 aliphatic rings. The van der Waals surface area contributed by atoms with Crippen LogP contribution in [0.2, 0.25) is 0 Å². The highest BCUT2D eigenvalue weighted by Gasteiger charge is 2.23. The fourth-order valence-corrected chi connectivity index (χ4v) is 4.10. The molecular weight excluding hydrogens is 353 g/mol. The van der Waals surface area contributed by atoms with E-state index in [9.17, 15) is 0 Å². The number of nitrogens with one attached hydrogen (secondary N) is 1. The summed E-state index contributed by atoms with van der Waals surface area (Å²) < 4.78 is 0. The fourth-order valence-electron chi connectivity index (χ4n) is 4.10. The second kappa shape index (κ2) is 12.1. The molecule has 2 fully saturated rings. The first-order valence-electron chi connectivity index (χ1n) is 9.48. The molecule has 0 aliphatic carbocycles. The van der Waals surface area contributed by atoms with Crippen LogP contribution in [0.4, 0.5) is 0 Å². The summed E-state index contributed by atoms with van der Waals surface area (Å²) in [5.74, 6) is 0.955. The Kier molecular flexibility index (Phi) is 11.0. The number of hydrogen-bond acceptors (Lipinski definition) is 3. The average molecular weight is 388 g/mol. The Labute approximate surface area is 166 Å². The van der Waals surface area contributed by atoms with E-state index in [4.69, 9.17) is 0 Å². The van der Waals surface area contributed by atoms with Gasteiger partial charge in [-0.2, -0.15) is 0 Å². The third-order valence-corrected chi connectivity index (χ3v) is 5.78. The van der Waals surface area contributed by atoms with Crippen molar-refractivity contribution in [3.8, 4) is 0 Å². The Hall–Kier alpha value is -0.320. The van der Waals surface area contributed by atoms with Crippen molar-refractivity contribution in [2.24, 2.45) is 5.92 Å². The van der Waals surface area contributed by atoms with E-state index in [-0.39, 0.29) is 24.8 Å². The Morgan fingerprint density at radius 1 is 1.00 bits per heavy atom. The topological polar surface area (TPSA) is 18.5 Å². The van der Waals surface area contributed by atoms with Crippen LogP contribution in [0.15, 0.2) is 30.3 Å². The van der Waals surface area contributed by atoms with Gasteiger partial charge in [0, 0.05) is 12.6 Å². The van der Waals surface area contributed by atoms with E-state index in [1.165, 1.54) is 70.4 Å². The number of halogens is 2. The van der Waals surface area contributed by atoms with Crippen LogP contribution in [-0.2, 0) is 6.54 Å². The molecule has 5 heteroatoms. The van der Waals surface area contributed by atoms with E-state index in [1.54, 1.807) is 0 Å². The van der Waals surface area contributed by atoms with Crippen LogP contribution in [0.25, 0.3) is 0 Å². The summed E-state index contributed by atoms with van der Waals surface area (Å²) in [6, 6.07) is 11.7. The Balaban J connectivity index is 0.00000156. The first kappa shape index (κ1) is 22.7. The van der Waals surface area contributed by atoms with Crippen LogP contribution in [0.3, 0.4) is 0 Å². The highest BCUT2D eigenvalue weighted by atomic mass is 35.5. The predicted octanol–water partition coefficient (Wildman–Crippen LogP) is 3.82. The summed E-state index contributed by atoms with van der Waals surface area (Å²) in [5.41, 5.74) is 1.45. The van der Waals surface area contributed by atoms with Crippen molar-refractivity contribution in [2.75, 3.05) is 39.8 Å². The number of benzene rings is 1. The van der Waals surface area contributed by atoms with Gasteiger partial charge in [-0.1, -0.05) is 30.3 Å². The van der Waals surface area contributed by atoms with Crippen molar-refractivity contribution in [1.82, 2.24) is 15.1 Å². The molecule has 0 unspecified atom stereocenters. The summed E-state index contributed by atoms with van der Waals surface area (Å²) in [5, 5.41) is 3.47. The number of rotatable bonds is 6. The zero-order valence-electron chi connectivity index (χ0n) is 15.5. The quantitative estimate of drug-likeness (QED) is 0.800. The van der Waals surface area contributed by atoms with Crippen molar-refractivity contribution in [2.45, 2.75) is 44.7 Å². The van der Waals surface area contributed by atoms with Gasteiger partial charge in [0.2, 0.25) is 0 Å². The van der Waals surface area contributed by atoms with Crippen LogP contribution >= 0.6 is 24.8 Å². The molecule has 2 aliphatic heterocycles. The van der Waals surface area contributed by atoms with Crippen molar-refractivity contribution >= 4 is 24.8 Å². The third-order valence-electron chi connectivity index (χ3n) is 5.78. The van der Waals surface area contributed by atoms with Crippen LogP contribution in [0, 0.1) is 5.92 Å². The maximum atomic E-state index is 3.47. The number of likely N-dealkylation sites (tertiary alicyclic amines) is 1. The fraction of sp³-hybridized carbons (Fsp3) is 0.700. The lowest BCUT2D eigenvalue weighted by molar-refractivity contribution is 0.117. The van der Waals surface area contributed by atoms with Crippen LogP contribution in [0.1, 0.15) is 37.7 Å². The molecule has 0 amide bonds. The normalized spacial score (nSPS) is 20.1. The van der Waals surface area contributed by atoms with Crippen LogP contribution < -0.4 is 5.32 Å². The molecule has 0 radical (unpaired) electrons. The van der Waals surface area contributed by atoms with E-state index in [0.717, 1.165) is 18.5 Å². The van der Waals surface area contributed by atoms with E-state index in [0.29, 0.717) is 0 Å². The number of hydrogen-bond donors (Lipinski definition) is 1. The summed E-state index contributed by atoms with van der Waals surface area (Å²) in [6.07, 6.45) is 6.81. The average Bonchev–Trinajstić information content (AvgIpc) is 2.62. The second-order valence-electron chi connectivity index (χ2n) is 7.46. The molecule has 144 valence electrons. The van der Waals surface area contributed by atoms with Gasteiger partial charge in [0.05, 0.1) is 0 Å². The minimum absolute atomic E-state index is 0. The minimum Gasteiger partial charge on any atom is -0.317 e. The van der Waals surface area contributed by atoms with Gasteiger partial charge in [-0.15, -0.1) is 24.8 Å². The standard InChI is InChI=1S/C20H33N3.2ClH/c1-22(14-9-18-7-12-21-13-8-18)20-10-15-23(16-11-20)17-19-5-3-2-4-6-19;;/h2-6,18,20-21H,7-17H2,1H3;2*1H. The highest BCUT2D eigenvalue weighted by Crippen LogP contribution is 2.20. The molecule has 1 N–H and O–H groups in total. The van der Waals surface area contributed by atoms with Gasteiger partial charge < -0.3 is 10.2 Å². The van der Waals surface area contributed by atoms with E-state index < -0.39 is 0 Å². The molecule has 2 saturated heterocycles. The number of nitrogens with zero attached hydrogens (tertiary/aromatic N) is 2. The summed E-state index contributed by atoms with van der Waals surface area (Å²) in [4.78, 5) is 5.26. The predicted molar refractivity (Wildman–Crippen MR) is 112 cm³/mol. The summed E-state index contributed by atoms with van der Waals surface area (Å²) in [6.45, 7) is 7.35. The Morgan fingerprint density at radius 2 is 1.64 bits per heavy atom. The van der Waals surface area contributed by atoms with Gasteiger partial charge in [-0.05, 0) is 83.4 Å². The molecule has 25 heavy (non-hydrogen) atoms. The van der Waals surface area contributed by atoms with Crippen molar-refractivity contribution < 1.29 is 0 Å². The zero-order chi connectivity index (χ0) is 15.9. The molecule has 3 nitrogen and oxygen atoms in total. The van der Waals surface area contributed by atoms with E-state index in [2.05, 4.69) is 52.5 Å². The third kappa shape index (κ3) is 7.44. The van der Waals surface area contributed by atoms with Crippen LogP contribution in [0.5, 0.6) is 0 Å². The van der Waals surface area contributed by atoms with Crippen molar-refractivity contribution in [3.63, 3.8) is 0 Å². The lowest BCUT2D eigenvalue weighted by atomic mass is 9.94. The zero-order valence-corrected chi connectivity index (χ0v) is 17.2. The largest absolute Gasteiger partial charge is 0.317 e. The van der Waals surface area contributed by atoms with Gasteiger partial charge in [0.1, 0.15) is 0 Å². The number of piperidine rings is 2. The molecule has 1 aromatic carbocycles. The van der Waals surface area contributed by atoms with Gasteiger partial charge in [0.25, 0.3) is 0 Å². The molecular formula is C20H35Cl2N3. The molecule has 2 heterocycles. The lowest BCUT2D eigenvalue weighted by Gasteiger charge is -2.37. The summed E-state index contributed by atoms with van der Waals surface area (Å²) in [7, 11) is 2.35. The smallest absolute Gasteiger partial charge is 0.0233 e. The molecule has 0 saturated carbocycles. The first-order valence-corrected chi connectivity index (χ1v) is 9.48. The SMILES string of the molecule is CN(CCC1CCNCC1)C1CCN(Cc2ccccc2)CC1.Cl.Cl. The monoisotopic (exact) mass is 387 g/mol. The van der Waals surface area contributed by atoms with Crippen molar-refractivity contribution in [1.29, 1.82) is 0 Å². The molecule has 0 spiro atoms. The molecule has 3 rings (SSSR count). The molecule has 1 aromatic rings. The minimum atomic E-state index is 0. The van der Waals surface area contributed by atoms with Gasteiger partial charge in [0.15, 0.2) is 0 Å². The second-order valence-corrected chi connectivity index (χ2v) is 7.46.